The minimum absolute atomic E-state index is 0.0985. The van der Waals surface area contributed by atoms with E-state index in [1.54, 1.807) is 0 Å². The third-order valence-corrected chi connectivity index (χ3v) is 2.71. The quantitative estimate of drug-likeness (QED) is 0.726. The van der Waals surface area contributed by atoms with Gasteiger partial charge in [-0.05, 0) is 18.8 Å². The second-order valence-corrected chi connectivity index (χ2v) is 3.93. The number of urea groups is 1. The fourth-order valence-corrected chi connectivity index (χ4v) is 1.66. The molecule has 0 radical (unpaired) electrons. The Kier molecular flexibility index (Phi) is 2.84. The van der Waals surface area contributed by atoms with Crippen molar-refractivity contribution in [3.63, 3.8) is 0 Å². The summed E-state index contributed by atoms with van der Waals surface area (Å²) in [7, 11) is 0. The van der Waals surface area contributed by atoms with Crippen LogP contribution >= 0.6 is 0 Å². The van der Waals surface area contributed by atoms with E-state index < -0.39 is 0 Å². The van der Waals surface area contributed by atoms with Gasteiger partial charge in [-0.2, -0.15) is 10.1 Å². The standard InChI is InChI=1S/C9H15N5O/c1-7-2-4-14(5-3-7)9(15)12-8-10-6-11-13-8/h6-7H,2-5H2,1H3,(H2,10,11,12,13,15). The normalized spacial score (nSPS) is 17.8. The van der Waals surface area contributed by atoms with E-state index in [0.717, 1.165) is 31.8 Å². The van der Waals surface area contributed by atoms with Gasteiger partial charge in [-0.15, -0.1) is 0 Å². The molecule has 2 heterocycles. The predicted molar refractivity (Wildman–Crippen MR) is 55.4 cm³/mol. The number of rotatable bonds is 1. The van der Waals surface area contributed by atoms with Crippen molar-refractivity contribution in [2.75, 3.05) is 18.4 Å². The molecule has 2 rings (SSSR count). The van der Waals surface area contributed by atoms with Gasteiger partial charge in [0.05, 0.1) is 0 Å². The van der Waals surface area contributed by atoms with Crippen LogP contribution in [0.2, 0.25) is 0 Å². The van der Waals surface area contributed by atoms with Crippen LogP contribution < -0.4 is 5.32 Å². The van der Waals surface area contributed by atoms with Crippen LogP contribution in [0.4, 0.5) is 10.7 Å². The maximum absolute atomic E-state index is 11.7. The first-order chi connectivity index (χ1) is 7.25. The van der Waals surface area contributed by atoms with Gasteiger partial charge in [0.2, 0.25) is 5.95 Å². The van der Waals surface area contributed by atoms with Crippen molar-refractivity contribution < 1.29 is 4.79 Å². The van der Waals surface area contributed by atoms with E-state index in [2.05, 4.69) is 27.4 Å². The van der Waals surface area contributed by atoms with Crippen molar-refractivity contribution in [2.45, 2.75) is 19.8 Å². The third kappa shape index (κ3) is 2.45. The third-order valence-electron chi connectivity index (χ3n) is 2.71. The molecule has 0 bridgehead atoms. The van der Waals surface area contributed by atoms with Gasteiger partial charge in [-0.3, -0.25) is 5.32 Å². The number of anilines is 1. The molecule has 2 amide bonds. The molecule has 0 aliphatic carbocycles. The molecule has 0 aromatic carbocycles. The summed E-state index contributed by atoms with van der Waals surface area (Å²) < 4.78 is 0. The minimum Gasteiger partial charge on any atom is -0.324 e. The largest absolute Gasteiger partial charge is 0.324 e. The van der Waals surface area contributed by atoms with Gasteiger partial charge in [-0.1, -0.05) is 6.92 Å². The number of aromatic nitrogens is 3. The fraction of sp³-hybridized carbons (Fsp3) is 0.667. The summed E-state index contributed by atoms with van der Waals surface area (Å²) in [6, 6.07) is -0.0985. The molecule has 82 valence electrons. The molecule has 1 aromatic heterocycles. The number of carbonyl (C=O) groups excluding carboxylic acids is 1. The summed E-state index contributed by atoms with van der Waals surface area (Å²) in [6.07, 6.45) is 3.52. The lowest BCUT2D eigenvalue weighted by molar-refractivity contribution is 0.186. The van der Waals surface area contributed by atoms with Crippen LogP contribution in [0.1, 0.15) is 19.8 Å². The Morgan fingerprint density at radius 3 is 2.93 bits per heavy atom. The van der Waals surface area contributed by atoms with Crippen LogP contribution in [0.3, 0.4) is 0 Å². The van der Waals surface area contributed by atoms with Gasteiger partial charge in [0.25, 0.3) is 0 Å². The zero-order valence-electron chi connectivity index (χ0n) is 8.73. The number of hydrogen-bond donors (Lipinski definition) is 2. The monoisotopic (exact) mass is 209 g/mol. The molecule has 1 aliphatic rings. The average Bonchev–Trinajstić information content (AvgIpc) is 2.71. The Morgan fingerprint density at radius 1 is 1.60 bits per heavy atom. The highest BCUT2D eigenvalue weighted by molar-refractivity contribution is 5.87. The summed E-state index contributed by atoms with van der Waals surface area (Å²) in [5.41, 5.74) is 0. The van der Waals surface area contributed by atoms with Gasteiger partial charge in [0, 0.05) is 13.1 Å². The number of likely N-dealkylation sites (tertiary alicyclic amines) is 1. The Hall–Kier alpha value is -1.59. The summed E-state index contributed by atoms with van der Waals surface area (Å²) in [6.45, 7) is 3.86. The molecule has 0 spiro atoms. The van der Waals surface area contributed by atoms with Crippen molar-refractivity contribution in [3.8, 4) is 0 Å². The lowest BCUT2D eigenvalue weighted by atomic mass is 10.00. The molecule has 1 aromatic rings. The van der Waals surface area contributed by atoms with Crippen LogP contribution in [0, 0.1) is 5.92 Å². The molecular weight excluding hydrogens is 194 g/mol. The number of nitrogens with one attached hydrogen (secondary N) is 2. The van der Waals surface area contributed by atoms with Gasteiger partial charge >= 0.3 is 6.03 Å². The van der Waals surface area contributed by atoms with Crippen molar-refractivity contribution in [1.29, 1.82) is 0 Å². The predicted octanol–water partition coefficient (Wildman–Crippen LogP) is 1.07. The summed E-state index contributed by atoms with van der Waals surface area (Å²) >= 11 is 0. The number of amides is 2. The number of aromatic amines is 1. The highest BCUT2D eigenvalue weighted by Crippen LogP contribution is 2.16. The first-order valence-corrected chi connectivity index (χ1v) is 5.17. The summed E-state index contributed by atoms with van der Waals surface area (Å²) in [4.78, 5) is 17.3. The maximum Gasteiger partial charge on any atom is 0.324 e. The second-order valence-electron chi connectivity index (χ2n) is 3.93. The van der Waals surface area contributed by atoms with Crippen molar-refractivity contribution >= 4 is 12.0 Å². The molecule has 1 aliphatic heterocycles. The molecule has 0 atom stereocenters. The Balaban J connectivity index is 1.86. The van der Waals surface area contributed by atoms with Gasteiger partial charge in [-0.25, -0.2) is 9.89 Å². The zero-order valence-corrected chi connectivity index (χ0v) is 8.73. The highest BCUT2D eigenvalue weighted by Gasteiger charge is 2.20. The van der Waals surface area contributed by atoms with Crippen LogP contribution in [0.5, 0.6) is 0 Å². The lowest BCUT2D eigenvalue weighted by Gasteiger charge is -2.29. The number of H-pyrrole nitrogens is 1. The summed E-state index contributed by atoms with van der Waals surface area (Å²) in [5.74, 6) is 1.12. The molecule has 0 unspecified atom stereocenters. The molecule has 0 saturated carbocycles. The summed E-state index contributed by atoms with van der Waals surface area (Å²) in [5, 5.41) is 8.92. The SMILES string of the molecule is CC1CCN(C(=O)Nc2ncn[nH]2)CC1. The van der Waals surface area contributed by atoms with Crippen molar-refractivity contribution in [3.05, 3.63) is 6.33 Å². The molecule has 6 nitrogen and oxygen atoms in total. The molecule has 2 N–H and O–H groups in total. The average molecular weight is 209 g/mol. The molecular formula is C9H15N5O. The molecule has 1 saturated heterocycles. The number of carbonyl (C=O) groups is 1. The number of nitrogens with zero attached hydrogens (tertiary/aromatic N) is 3. The van der Waals surface area contributed by atoms with Crippen LogP contribution in [-0.2, 0) is 0 Å². The highest BCUT2D eigenvalue weighted by atomic mass is 16.2. The Morgan fingerprint density at radius 2 is 2.33 bits per heavy atom. The van der Waals surface area contributed by atoms with E-state index in [9.17, 15) is 4.79 Å². The zero-order chi connectivity index (χ0) is 10.7. The first-order valence-electron chi connectivity index (χ1n) is 5.17. The minimum atomic E-state index is -0.0985. The Labute approximate surface area is 88.1 Å². The molecule has 6 heteroatoms. The van der Waals surface area contributed by atoms with Crippen molar-refractivity contribution in [1.82, 2.24) is 20.1 Å². The van der Waals surface area contributed by atoms with Gasteiger partial charge < -0.3 is 4.90 Å². The Bertz CT molecular complexity index is 315. The van der Waals surface area contributed by atoms with Crippen molar-refractivity contribution in [2.24, 2.45) is 5.92 Å². The van der Waals surface area contributed by atoms with E-state index in [1.807, 2.05) is 4.90 Å². The number of piperidine rings is 1. The molecule has 1 fully saturated rings. The maximum atomic E-state index is 11.7. The van der Waals surface area contributed by atoms with Gasteiger partial charge in [0.1, 0.15) is 6.33 Å². The smallest absolute Gasteiger partial charge is 0.324 e. The van der Waals surface area contributed by atoms with E-state index >= 15 is 0 Å². The van der Waals surface area contributed by atoms with Crippen LogP contribution in [-0.4, -0.2) is 39.2 Å². The van der Waals surface area contributed by atoms with Crippen LogP contribution in [0.15, 0.2) is 6.33 Å². The van der Waals surface area contributed by atoms with Crippen LogP contribution in [0.25, 0.3) is 0 Å². The second kappa shape index (κ2) is 4.29. The molecule has 15 heavy (non-hydrogen) atoms. The van der Waals surface area contributed by atoms with E-state index in [-0.39, 0.29) is 6.03 Å². The van der Waals surface area contributed by atoms with Gasteiger partial charge in [0.15, 0.2) is 0 Å². The van der Waals surface area contributed by atoms with E-state index in [1.165, 1.54) is 6.33 Å². The van der Waals surface area contributed by atoms with E-state index in [0.29, 0.717) is 5.95 Å². The topological polar surface area (TPSA) is 73.9 Å². The number of hydrogen-bond acceptors (Lipinski definition) is 3. The first kappa shape index (κ1) is 9.95. The van der Waals surface area contributed by atoms with E-state index in [4.69, 9.17) is 0 Å². The fourth-order valence-electron chi connectivity index (χ4n) is 1.66. The lowest BCUT2D eigenvalue weighted by Crippen LogP contribution is -2.40.